The molecule has 0 aromatic heterocycles. The highest BCUT2D eigenvalue weighted by Crippen LogP contribution is 2.00. The van der Waals surface area contributed by atoms with E-state index in [4.69, 9.17) is 0 Å². The van der Waals surface area contributed by atoms with Crippen LogP contribution in [0.15, 0.2) is 0 Å². The van der Waals surface area contributed by atoms with E-state index in [1.165, 1.54) is 0 Å². The summed E-state index contributed by atoms with van der Waals surface area (Å²) in [5.74, 6) is -3.69. The third-order valence-electron chi connectivity index (χ3n) is 3.26. The Morgan fingerprint density at radius 2 is 0.762 bits per heavy atom. The molecule has 1 aliphatic rings. The molecule has 1 fully saturated rings. The molecule has 0 aromatic rings. The van der Waals surface area contributed by atoms with Crippen molar-refractivity contribution in [2.45, 2.75) is 0 Å². The summed E-state index contributed by atoms with van der Waals surface area (Å²) in [7, 11) is 0. The molecule has 120 valence electrons. The van der Waals surface area contributed by atoms with E-state index in [1.54, 1.807) is 14.7 Å². The van der Waals surface area contributed by atoms with Crippen molar-refractivity contribution in [3.8, 4) is 0 Å². The van der Waals surface area contributed by atoms with Gasteiger partial charge in [0.25, 0.3) is 0 Å². The van der Waals surface area contributed by atoms with Gasteiger partial charge in [-0.05, 0) is 0 Å². The number of carboxylic acid groups (broad SMARTS) is 3. The molecule has 0 saturated carbocycles. The van der Waals surface area contributed by atoms with Crippen LogP contribution in [0.4, 0.5) is 0 Å². The molecule has 0 bridgehead atoms. The van der Waals surface area contributed by atoms with Crippen molar-refractivity contribution in [1.29, 1.82) is 0 Å². The molecular formula is C12H18N3O6-3. The highest BCUT2D eigenvalue weighted by molar-refractivity contribution is 5.67. The number of carboxylic acids is 3. The van der Waals surface area contributed by atoms with Crippen LogP contribution in [0, 0.1) is 0 Å². The minimum atomic E-state index is -1.23. The van der Waals surface area contributed by atoms with Crippen molar-refractivity contribution in [2.24, 2.45) is 0 Å². The van der Waals surface area contributed by atoms with Crippen molar-refractivity contribution >= 4 is 17.9 Å². The number of nitrogens with zero attached hydrogens (tertiary/aromatic N) is 3. The van der Waals surface area contributed by atoms with Gasteiger partial charge < -0.3 is 29.7 Å². The van der Waals surface area contributed by atoms with Crippen LogP contribution in [-0.4, -0.2) is 91.5 Å². The van der Waals surface area contributed by atoms with Gasteiger partial charge in [0.05, 0.1) is 17.9 Å². The smallest absolute Gasteiger partial charge is 0.0555 e. The third-order valence-corrected chi connectivity index (χ3v) is 3.26. The lowest BCUT2D eigenvalue weighted by Gasteiger charge is -2.26. The molecule has 0 aliphatic carbocycles. The van der Waals surface area contributed by atoms with Crippen molar-refractivity contribution in [3.05, 3.63) is 0 Å². The molecule has 1 heterocycles. The Balaban J connectivity index is 2.68. The molecule has 9 heteroatoms. The van der Waals surface area contributed by atoms with Gasteiger partial charge in [-0.2, -0.15) is 0 Å². The summed E-state index contributed by atoms with van der Waals surface area (Å²) >= 11 is 0. The lowest BCUT2D eigenvalue weighted by atomic mass is 10.4. The first-order valence-corrected chi connectivity index (χ1v) is 6.63. The predicted molar refractivity (Wildman–Crippen MR) is 64.3 cm³/mol. The average Bonchev–Trinajstić information content (AvgIpc) is 2.42. The third kappa shape index (κ3) is 7.59. The van der Waals surface area contributed by atoms with Crippen LogP contribution in [0.2, 0.25) is 0 Å². The van der Waals surface area contributed by atoms with E-state index in [0.29, 0.717) is 39.3 Å². The van der Waals surface area contributed by atoms with E-state index < -0.39 is 17.9 Å². The van der Waals surface area contributed by atoms with Gasteiger partial charge in [0, 0.05) is 58.9 Å². The summed E-state index contributed by atoms with van der Waals surface area (Å²) in [5, 5.41) is 32.0. The maximum atomic E-state index is 10.7. The van der Waals surface area contributed by atoms with E-state index >= 15 is 0 Å². The Morgan fingerprint density at radius 3 is 0.905 bits per heavy atom. The second-order valence-electron chi connectivity index (χ2n) is 4.94. The van der Waals surface area contributed by atoms with Crippen LogP contribution in [0.3, 0.4) is 0 Å². The molecule has 1 rings (SSSR count). The van der Waals surface area contributed by atoms with Gasteiger partial charge in [-0.1, -0.05) is 0 Å². The number of carbonyl (C=O) groups is 3. The summed E-state index contributed by atoms with van der Waals surface area (Å²) in [6, 6.07) is 0. The lowest BCUT2D eigenvalue weighted by molar-refractivity contribution is -0.308. The van der Waals surface area contributed by atoms with Gasteiger partial charge in [-0.25, -0.2) is 0 Å². The fraction of sp³-hybridized carbons (Fsp3) is 0.750. The lowest BCUT2D eigenvalue weighted by Crippen LogP contribution is -2.45. The maximum Gasteiger partial charge on any atom is 0.0555 e. The molecule has 0 spiro atoms. The Hall–Kier alpha value is -1.71. The molecule has 1 aliphatic heterocycles. The van der Waals surface area contributed by atoms with E-state index in [0.717, 1.165) is 0 Å². The van der Waals surface area contributed by atoms with Crippen molar-refractivity contribution < 1.29 is 29.7 Å². The van der Waals surface area contributed by atoms with Crippen LogP contribution in [0.5, 0.6) is 0 Å². The number of rotatable bonds is 6. The van der Waals surface area contributed by atoms with Gasteiger partial charge >= 0.3 is 0 Å². The van der Waals surface area contributed by atoms with E-state index in [2.05, 4.69) is 0 Å². The van der Waals surface area contributed by atoms with E-state index in [9.17, 15) is 29.7 Å². The Bertz CT molecular complexity index is 320. The zero-order chi connectivity index (χ0) is 15.8. The predicted octanol–water partition coefficient (Wildman–Crippen LogP) is -5.84. The van der Waals surface area contributed by atoms with Gasteiger partial charge in [-0.15, -0.1) is 0 Å². The molecule has 21 heavy (non-hydrogen) atoms. The maximum absolute atomic E-state index is 10.7. The summed E-state index contributed by atoms with van der Waals surface area (Å²) in [6.07, 6.45) is 0. The topological polar surface area (TPSA) is 130 Å². The molecule has 0 amide bonds. The minimum Gasteiger partial charge on any atom is -0.549 e. The van der Waals surface area contributed by atoms with E-state index in [-0.39, 0.29) is 19.6 Å². The number of hydrogen-bond donors (Lipinski definition) is 0. The summed E-state index contributed by atoms with van der Waals surface area (Å²) in [4.78, 5) is 36.8. The SMILES string of the molecule is O=C([O-])CN1CCN(CC(=O)[O-])CCN(CC(=O)[O-])CC1. The van der Waals surface area contributed by atoms with Crippen LogP contribution < -0.4 is 15.3 Å². The molecule has 0 unspecified atom stereocenters. The van der Waals surface area contributed by atoms with Crippen molar-refractivity contribution in [2.75, 3.05) is 58.9 Å². The van der Waals surface area contributed by atoms with Crippen LogP contribution >= 0.6 is 0 Å². The summed E-state index contributed by atoms with van der Waals surface area (Å²) in [5.41, 5.74) is 0. The zero-order valence-electron chi connectivity index (χ0n) is 11.7. The van der Waals surface area contributed by atoms with E-state index in [1.807, 2.05) is 0 Å². The molecule has 0 N–H and O–H groups in total. The second kappa shape index (κ2) is 8.55. The highest BCUT2D eigenvalue weighted by Gasteiger charge is 2.16. The van der Waals surface area contributed by atoms with Crippen LogP contribution in [0.25, 0.3) is 0 Å². The minimum absolute atomic E-state index is 0.279. The first-order valence-electron chi connectivity index (χ1n) is 6.63. The van der Waals surface area contributed by atoms with Gasteiger partial charge in [-0.3, -0.25) is 14.7 Å². The van der Waals surface area contributed by atoms with Crippen LogP contribution in [-0.2, 0) is 14.4 Å². The molecule has 0 atom stereocenters. The monoisotopic (exact) mass is 300 g/mol. The quantitative estimate of drug-likeness (QED) is 0.470. The number of hydrogen-bond acceptors (Lipinski definition) is 9. The number of carbonyl (C=O) groups excluding carboxylic acids is 3. The highest BCUT2D eigenvalue weighted by atomic mass is 16.4. The number of aliphatic carboxylic acids is 3. The standard InChI is InChI=1S/C12H21N3O6/c16-10(17)7-13-1-2-14(8-11(18)19)5-6-15(4-3-13)9-12(20)21/h1-9H2,(H,16,17)(H,18,19)(H,20,21)/p-3. The van der Waals surface area contributed by atoms with Gasteiger partial charge in [0.1, 0.15) is 0 Å². The Labute approximate surface area is 122 Å². The first kappa shape index (κ1) is 17.3. The van der Waals surface area contributed by atoms with Gasteiger partial charge in [0.15, 0.2) is 0 Å². The summed E-state index contributed by atoms with van der Waals surface area (Å²) in [6.45, 7) is 1.33. The van der Waals surface area contributed by atoms with Crippen molar-refractivity contribution in [1.82, 2.24) is 14.7 Å². The largest absolute Gasteiger partial charge is 0.549 e. The fourth-order valence-corrected chi connectivity index (χ4v) is 2.21. The van der Waals surface area contributed by atoms with Crippen molar-refractivity contribution in [3.63, 3.8) is 0 Å². The second-order valence-corrected chi connectivity index (χ2v) is 4.94. The average molecular weight is 300 g/mol. The normalized spacial score (nSPS) is 19.4. The molecule has 0 aromatic carbocycles. The molecule has 1 saturated heterocycles. The zero-order valence-corrected chi connectivity index (χ0v) is 11.7. The Morgan fingerprint density at radius 1 is 0.571 bits per heavy atom. The molecule has 0 radical (unpaired) electrons. The fourth-order valence-electron chi connectivity index (χ4n) is 2.21. The molecular weight excluding hydrogens is 282 g/mol. The molecule has 9 nitrogen and oxygen atoms in total. The van der Waals surface area contributed by atoms with Crippen LogP contribution in [0.1, 0.15) is 0 Å². The first-order chi connectivity index (χ1) is 9.86. The van der Waals surface area contributed by atoms with Gasteiger partial charge in [0.2, 0.25) is 0 Å². The Kier molecular flexibility index (Phi) is 7.06. The summed E-state index contributed by atoms with van der Waals surface area (Å²) < 4.78 is 0.